The largest absolute Gasteiger partial charge is 0.309 e. The third-order valence-electron chi connectivity index (χ3n) is 10.3. The van der Waals surface area contributed by atoms with Crippen LogP contribution >= 0.6 is 0 Å². The lowest BCUT2D eigenvalue weighted by Crippen LogP contribution is -1.98. The zero-order chi connectivity index (χ0) is 34.4. The van der Waals surface area contributed by atoms with Crippen LogP contribution in [0.5, 0.6) is 0 Å². The normalized spacial score (nSPS) is 12.2. The van der Waals surface area contributed by atoms with Crippen LogP contribution in [0.25, 0.3) is 66.1 Å². The molecule has 10 rings (SSSR count). The maximum atomic E-state index is 2.40. The summed E-state index contributed by atoms with van der Waals surface area (Å²) in [4.78, 5) is 0. The summed E-state index contributed by atoms with van der Waals surface area (Å²) in [5.74, 6) is 0. The van der Waals surface area contributed by atoms with Gasteiger partial charge in [-0.2, -0.15) is 0 Å². The number of nitrogens with zero attached hydrogens (tertiary/aromatic N) is 2. The molecule has 8 aromatic carbocycles. The first-order chi connectivity index (χ1) is 25.8. The van der Waals surface area contributed by atoms with Crippen molar-refractivity contribution < 1.29 is 0 Å². The van der Waals surface area contributed by atoms with Gasteiger partial charge in [-0.25, -0.2) is 0 Å². The topological polar surface area (TPSA) is 9.86 Å². The van der Waals surface area contributed by atoms with E-state index in [4.69, 9.17) is 0 Å². The molecule has 0 saturated heterocycles. The van der Waals surface area contributed by atoms with Gasteiger partial charge in [0.15, 0.2) is 0 Å². The summed E-state index contributed by atoms with van der Waals surface area (Å²) < 4.78 is 4.77. The Hall–Kier alpha value is -6.90. The fraction of sp³-hybridized carbons (Fsp3) is 0. The van der Waals surface area contributed by atoms with Crippen molar-refractivity contribution in [2.75, 3.05) is 0 Å². The highest BCUT2D eigenvalue weighted by molar-refractivity contribution is 6.14. The van der Waals surface area contributed by atoms with Gasteiger partial charge in [0, 0.05) is 32.9 Å². The maximum Gasteiger partial charge on any atom is 0.0541 e. The first kappa shape index (κ1) is 30.0. The van der Waals surface area contributed by atoms with Crippen LogP contribution in [-0.2, 0) is 0 Å². The Labute approximate surface area is 302 Å². The van der Waals surface area contributed by atoms with E-state index in [2.05, 4.69) is 215 Å². The Morgan fingerprint density at radius 3 is 0.981 bits per heavy atom. The predicted octanol–water partition coefficient (Wildman–Crippen LogP) is 12.9. The predicted molar refractivity (Wildman–Crippen MR) is 219 cm³/mol. The number of aromatic nitrogens is 2. The molecular weight excluding hydrogens is 629 g/mol. The van der Waals surface area contributed by atoms with E-state index < -0.39 is 0 Å². The van der Waals surface area contributed by atoms with Gasteiger partial charge in [0.25, 0.3) is 0 Å². The van der Waals surface area contributed by atoms with Gasteiger partial charge in [-0.05, 0) is 94.1 Å². The molecule has 0 aliphatic heterocycles. The van der Waals surface area contributed by atoms with Crippen LogP contribution in [0.2, 0.25) is 0 Å². The molecule has 2 nitrogen and oxygen atoms in total. The number of hydrogen-bond donors (Lipinski definition) is 0. The van der Waals surface area contributed by atoms with Crippen molar-refractivity contribution in [2.45, 2.75) is 0 Å². The number of fused-ring (bicyclic) bond motifs is 6. The monoisotopic (exact) mass is 662 g/mol. The third-order valence-corrected chi connectivity index (χ3v) is 10.3. The fourth-order valence-electron chi connectivity index (χ4n) is 8.09. The molecule has 0 radical (unpaired) electrons. The molecule has 0 bridgehead atoms. The average Bonchev–Trinajstić information content (AvgIpc) is 3.73. The first-order valence-electron chi connectivity index (χ1n) is 17.9. The summed E-state index contributed by atoms with van der Waals surface area (Å²) in [6.07, 6.45) is 0. The molecule has 0 aliphatic rings. The lowest BCUT2D eigenvalue weighted by Gasteiger charge is -2.19. The van der Waals surface area contributed by atoms with Crippen molar-refractivity contribution >= 4 is 54.8 Å². The van der Waals surface area contributed by atoms with E-state index >= 15 is 0 Å². The second-order valence-electron chi connectivity index (χ2n) is 13.3. The molecular formula is C50H34N2. The van der Waals surface area contributed by atoms with E-state index in [-0.39, 0.29) is 0 Å². The molecule has 0 spiro atoms. The van der Waals surface area contributed by atoms with E-state index in [1.807, 2.05) is 0 Å². The van der Waals surface area contributed by atoms with Gasteiger partial charge in [0.05, 0.1) is 22.1 Å². The smallest absolute Gasteiger partial charge is 0.0541 e. The summed E-state index contributed by atoms with van der Waals surface area (Å²) in [6, 6.07) is 74.7. The van der Waals surface area contributed by atoms with Crippen LogP contribution in [0, 0.1) is 0 Å². The van der Waals surface area contributed by atoms with Crippen LogP contribution in [0.4, 0.5) is 0 Å². The number of rotatable bonds is 6. The van der Waals surface area contributed by atoms with Gasteiger partial charge in [0.2, 0.25) is 0 Å². The Kier molecular flexibility index (Phi) is 7.18. The van der Waals surface area contributed by atoms with Crippen LogP contribution in [0.1, 0.15) is 22.3 Å². The molecule has 2 heterocycles. The Morgan fingerprint density at radius 1 is 0.250 bits per heavy atom. The van der Waals surface area contributed by atoms with Gasteiger partial charge in [-0.15, -0.1) is 0 Å². The van der Waals surface area contributed by atoms with Crippen molar-refractivity contribution in [3.63, 3.8) is 0 Å². The standard InChI is InChI=1S/C50H34N2/c1-5-17-35(18-6-1)49(37-29-31-47-43(33-37)41-25-13-15-27-45(41)51(47)39-21-9-3-10-22-39)50(36-19-7-2-8-20-36)38-30-32-48-44(34-38)42-26-14-16-28-46(42)52(48)40-23-11-4-12-24-40/h1-34H. The average molecular weight is 663 g/mol. The van der Waals surface area contributed by atoms with E-state index in [1.54, 1.807) is 0 Å². The molecule has 2 aromatic heterocycles. The summed E-state index contributed by atoms with van der Waals surface area (Å²) in [7, 11) is 0. The Balaban J connectivity index is 1.29. The second kappa shape index (κ2) is 12.5. The van der Waals surface area contributed by atoms with Gasteiger partial charge < -0.3 is 9.13 Å². The van der Waals surface area contributed by atoms with Crippen molar-refractivity contribution in [3.8, 4) is 11.4 Å². The number of para-hydroxylation sites is 4. The van der Waals surface area contributed by atoms with E-state index in [1.165, 1.54) is 77.0 Å². The van der Waals surface area contributed by atoms with Gasteiger partial charge >= 0.3 is 0 Å². The van der Waals surface area contributed by atoms with Crippen molar-refractivity contribution in [1.29, 1.82) is 0 Å². The Bertz CT molecular complexity index is 2710. The molecule has 10 aromatic rings. The van der Waals surface area contributed by atoms with Gasteiger partial charge in [-0.1, -0.05) is 146 Å². The van der Waals surface area contributed by atoms with Crippen molar-refractivity contribution in [2.24, 2.45) is 0 Å². The lowest BCUT2D eigenvalue weighted by atomic mass is 9.85. The SMILES string of the molecule is c1ccc(C(=C(c2ccccc2)c2ccc3c(c2)c2ccccc2n3-c2ccccc2)c2ccc3c(c2)c2ccccc2n3-c2ccccc2)cc1. The zero-order valence-corrected chi connectivity index (χ0v) is 28.5. The molecule has 0 fully saturated rings. The minimum Gasteiger partial charge on any atom is -0.309 e. The molecule has 0 atom stereocenters. The Morgan fingerprint density at radius 2 is 0.577 bits per heavy atom. The lowest BCUT2D eigenvalue weighted by molar-refractivity contribution is 1.18. The molecule has 244 valence electrons. The summed E-state index contributed by atoms with van der Waals surface area (Å²) in [5, 5.41) is 4.96. The van der Waals surface area contributed by atoms with Crippen molar-refractivity contribution in [1.82, 2.24) is 9.13 Å². The minimum absolute atomic E-state index is 1.16. The maximum absolute atomic E-state index is 2.40. The summed E-state index contributed by atoms with van der Waals surface area (Å²) in [6.45, 7) is 0. The van der Waals surface area contributed by atoms with Crippen LogP contribution in [0.15, 0.2) is 206 Å². The highest BCUT2D eigenvalue weighted by Gasteiger charge is 2.21. The minimum atomic E-state index is 1.16. The van der Waals surface area contributed by atoms with Crippen LogP contribution in [-0.4, -0.2) is 9.13 Å². The number of hydrogen-bond acceptors (Lipinski definition) is 0. The van der Waals surface area contributed by atoms with E-state index in [9.17, 15) is 0 Å². The molecule has 0 amide bonds. The quantitative estimate of drug-likeness (QED) is 0.157. The van der Waals surface area contributed by atoms with Gasteiger partial charge in [0.1, 0.15) is 0 Å². The van der Waals surface area contributed by atoms with Gasteiger partial charge in [-0.3, -0.25) is 0 Å². The molecule has 0 saturated carbocycles. The zero-order valence-electron chi connectivity index (χ0n) is 28.5. The summed E-state index contributed by atoms with van der Waals surface area (Å²) in [5.41, 5.74) is 14.2. The first-order valence-corrected chi connectivity index (χ1v) is 17.9. The molecule has 2 heteroatoms. The molecule has 52 heavy (non-hydrogen) atoms. The molecule has 0 aliphatic carbocycles. The second-order valence-corrected chi connectivity index (χ2v) is 13.3. The third kappa shape index (κ3) is 4.88. The highest BCUT2D eigenvalue weighted by atomic mass is 15.0. The fourth-order valence-corrected chi connectivity index (χ4v) is 8.09. The van der Waals surface area contributed by atoms with Crippen LogP contribution < -0.4 is 0 Å². The molecule has 0 N–H and O–H groups in total. The summed E-state index contributed by atoms with van der Waals surface area (Å²) >= 11 is 0. The van der Waals surface area contributed by atoms with E-state index in [0.717, 1.165) is 11.4 Å². The number of benzene rings is 8. The van der Waals surface area contributed by atoms with Crippen LogP contribution in [0.3, 0.4) is 0 Å². The van der Waals surface area contributed by atoms with Crippen molar-refractivity contribution in [3.05, 3.63) is 229 Å². The highest BCUT2D eigenvalue weighted by Crippen LogP contribution is 2.42. The molecule has 0 unspecified atom stereocenters. The van der Waals surface area contributed by atoms with E-state index in [0.29, 0.717) is 0 Å².